The SMILES string of the molecule is CN=C(NCCCn1cccn1)NCC(C)c1cccs1.I. The van der Waals surface area contributed by atoms with Gasteiger partial charge < -0.3 is 10.6 Å². The average molecular weight is 433 g/mol. The van der Waals surface area contributed by atoms with E-state index in [1.807, 2.05) is 16.9 Å². The quantitative estimate of drug-likeness (QED) is 0.306. The van der Waals surface area contributed by atoms with E-state index in [0.717, 1.165) is 32.0 Å². The van der Waals surface area contributed by atoms with Crippen LogP contribution in [-0.2, 0) is 6.54 Å². The number of nitrogens with zero attached hydrogens (tertiary/aromatic N) is 3. The molecule has 0 spiro atoms. The van der Waals surface area contributed by atoms with Gasteiger partial charge in [-0.05, 0) is 23.9 Å². The molecule has 0 bridgehead atoms. The molecule has 0 radical (unpaired) electrons. The lowest BCUT2D eigenvalue weighted by molar-refractivity contribution is 0.569. The summed E-state index contributed by atoms with van der Waals surface area (Å²) < 4.78 is 1.94. The summed E-state index contributed by atoms with van der Waals surface area (Å²) in [5.41, 5.74) is 0. The number of hydrogen-bond donors (Lipinski definition) is 2. The van der Waals surface area contributed by atoms with Crippen molar-refractivity contribution in [2.75, 3.05) is 20.1 Å². The molecule has 1 atom stereocenters. The van der Waals surface area contributed by atoms with Crippen molar-refractivity contribution in [1.29, 1.82) is 0 Å². The zero-order valence-corrected chi connectivity index (χ0v) is 16.2. The molecule has 7 heteroatoms. The molecule has 2 rings (SSSR count). The van der Waals surface area contributed by atoms with Gasteiger partial charge in [-0.3, -0.25) is 9.67 Å². The summed E-state index contributed by atoms with van der Waals surface area (Å²) in [6.45, 7) is 4.92. The van der Waals surface area contributed by atoms with Crippen molar-refractivity contribution in [1.82, 2.24) is 20.4 Å². The minimum atomic E-state index is 0. The summed E-state index contributed by atoms with van der Waals surface area (Å²) in [6, 6.07) is 6.22. The maximum Gasteiger partial charge on any atom is 0.190 e. The molecule has 5 nitrogen and oxygen atoms in total. The summed E-state index contributed by atoms with van der Waals surface area (Å²) in [7, 11) is 1.80. The number of guanidine groups is 1. The molecule has 1 unspecified atom stereocenters. The molecule has 2 N–H and O–H groups in total. The monoisotopic (exact) mass is 433 g/mol. The van der Waals surface area contributed by atoms with Crippen LogP contribution in [0, 0.1) is 0 Å². The number of rotatable bonds is 7. The number of hydrogen-bond acceptors (Lipinski definition) is 3. The third-order valence-corrected chi connectivity index (χ3v) is 4.35. The van der Waals surface area contributed by atoms with Crippen molar-refractivity contribution in [2.45, 2.75) is 25.8 Å². The summed E-state index contributed by atoms with van der Waals surface area (Å²) in [6.07, 6.45) is 4.80. The first-order chi connectivity index (χ1) is 10.3. The van der Waals surface area contributed by atoms with Crippen molar-refractivity contribution in [3.63, 3.8) is 0 Å². The Labute approximate surface area is 153 Å². The third-order valence-electron chi connectivity index (χ3n) is 3.24. The lowest BCUT2D eigenvalue weighted by atomic mass is 10.1. The molecule has 122 valence electrons. The van der Waals surface area contributed by atoms with E-state index in [4.69, 9.17) is 0 Å². The predicted octanol–water partition coefficient (Wildman–Crippen LogP) is 2.92. The number of thiophene rings is 1. The molecule has 2 aromatic rings. The fourth-order valence-electron chi connectivity index (χ4n) is 2.02. The third kappa shape index (κ3) is 6.35. The first-order valence-corrected chi connectivity index (χ1v) is 8.13. The van der Waals surface area contributed by atoms with Crippen molar-refractivity contribution in [2.24, 2.45) is 4.99 Å². The molecule has 0 aliphatic heterocycles. The maximum absolute atomic E-state index is 4.25. The van der Waals surface area contributed by atoms with Gasteiger partial charge in [-0.25, -0.2) is 0 Å². The Hall–Kier alpha value is -1.09. The molecule has 0 saturated carbocycles. The highest BCUT2D eigenvalue weighted by Crippen LogP contribution is 2.19. The largest absolute Gasteiger partial charge is 0.356 e. The van der Waals surface area contributed by atoms with Gasteiger partial charge in [-0.1, -0.05) is 13.0 Å². The van der Waals surface area contributed by atoms with Crippen LogP contribution < -0.4 is 10.6 Å². The van der Waals surface area contributed by atoms with Gasteiger partial charge in [0.2, 0.25) is 0 Å². The number of aryl methyl sites for hydroxylation is 1. The Bertz CT molecular complexity index is 524. The van der Waals surface area contributed by atoms with Crippen molar-refractivity contribution in [3.8, 4) is 0 Å². The van der Waals surface area contributed by atoms with Gasteiger partial charge in [0.25, 0.3) is 0 Å². The summed E-state index contributed by atoms with van der Waals surface area (Å²) in [4.78, 5) is 5.65. The zero-order valence-electron chi connectivity index (χ0n) is 13.0. The second kappa shape index (κ2) is 10.6. The van der Waals surface area contributed by atoms with Gasteiger partial charge in [0.15, 0.2) is 5.96 Å². The smallest absolute Gasteiger partial charge is 0.190 e. The molecule has 22 heavy (non-hydrogen) atoms. The zero-order chi connectivity index (χ0) is 14.9. The molecule has 2 aromatic heterocycles. The lowest BCUT2D eigenvalue weighted by Gasteiger charge is -2.15. The first kappa shape index (κ1) is 19.0. The van der Waals surface area contributed by atoms with Crippen molar-refractivity contribution < 1.29 is 0 Å². The topological polar surface area (TPSA) is 54.2 Å². The highest BCUT2D eigenvalue weighted by molar-refractivity contribution is 14.0. The number of nitrogens with one attached hydrogen (secondary N) is 2. The van der Waals surface area contributed by atoms with Gasteiger partial charge in [0, 0.05) is 49.9 Å². The Morgan fingerprint density at radius 1 is 1.41 bits per heavy atom. The molecule has 0 aromatic carbocycles. The van der Waals surface area contributed by atoms with Gasteiger partial charge in [0.1, 0.15) is 0 Å². The second-order valence-corrected chi connectivity index (χ2v) is 5.90. The normalized spacial score (nSPS) is 12.5. The van der Waals surface area contributed by atoms with E-state index in [0.29, 0.717) is 5.92 Å². The summed E-state index contributed by atoms with van der Waals surface area (Å²) in [5.74, 6) is 1.35. The van der Waals surface area contributed by atoms with E-state index < -0.39 is 0 Å². The lowest BCUT2D eigenvalue weighted by Crippen LogP contribution is -2.39. The van der Waals surface area contributed by atoms with E-state index in [1.165, 1.54) is 4.88 Å². The van der Waals surface area contributed by atoms with Crippen molar-refractivity contribution in [3.05, 3.63) is 40.8 Å². The highest BCUT2D eigenvalue weighted by Gasteiger charge is 2.07. The van der Waals surface area contributed by atoms with Gasteiger partial charge in [0.05, 0.1) is 0 Å². The fraction of sp³-hybridized carbons (Fsp3) is 0.467. The Kier molecular flexibility index (Phi) is 9.14. The fourth-order valence-corrected chi connectivity index (χ4v) is 2.81. The van der Waals surface area contributed by atoms with E-state index >= 15 is 0 Å². The minimum absolute atomic E-state index is 0. The number of halogens is 1. The van der Waals surface area contributed by atoms with E-state index in [9.17, 15) is 0 Å². The van der Waals surface area contributed by atoms with Crippen LogP contribution >= 0.6 is 35.3 Å². The molecule has 0 aliphatic carbocycles. The summed E-state index contributed by atoms with van der Waals surface area (Å²) in [5, 5.41) is 13.0. The van der Waals surface area contributed by atoms with Crippen LogP contribution in [0.15, 0.2) is 41.0 Å². The van der Waals surface area contributed by atoms with Crippen LogP contribution in [0.2, 0.25) is 0 Å². The summed E-state index contributed by atoms with van der Waals surface area (Å²) >= 11 is 1.80. The molecule has 0 aliphatic rings. The first-order valence-electron chi connectivity index (χ1n) is 7.25. The van der Waals surface area contributed by atoms with Crippen LogP contribution in [-0.4, -0.2) is 35.9 Å². The van der Waals surface area contributed by atoms with Gasteiger partial charge in [-0.15, -0.1) is 35.3 Å². The molecular weight excluding hydrogens is 409 g/mol. The van der Waals surface area contributed by atoms with Crippen LogP contribution in [0.4, 0.5) is 0 Å². The van der Waals surface area contributed by atoms with E-state index in [-0.39, 0.29) is 24.0 Å². The molecular formula is C15H24IN5S. The molecule has 0 amide bonds. The van der Waals surface area contributed by atoms with Crippen LogP contribution in [0.25, 0.3) is 0 Å². The Morgan fingerprint density at radius 2 is 2.27 bits per heavy atom. The Balaban J connectivity index is 0.00000242. The van der Waals surface area contributed by atoms with Crippen LogP contribution in [0.5, 0.6) is 0 Å². The van der Waals surface area contributed by atoms with Gasteiger partial charge in [-0.2, -0.15) is 5.10 Å². The standard InChI is InChI=1S/C15H23N5S.HI/c1-13(14-6-3-11-21-14)12-18-15(16-2)17-7-4-9-20-10-5-8-19-20;/h3,5-6,8,10-11,13H,4,7,9,12H2,1-2H3,(H2,16,17,18);1H. The van der Waals surface area contributed by atoms with Gasteiger partial charge >= 0.3 is 0 Å². The number of aliphatic imine (C=N–C) groups is 1. The molecule has 0 fully saturated rings. The molecule has 2 heterocycles. The van der Waals surface area contributed by atoms with E-state index in [1.54, 1.807) is 24.6 Å². The second-order valence-electron chi connectivity index (χ2n) is 4.92. The Morgan fingerprint density at radius 3 is 2.91 bits per heavy atom. The predicted molar refractivity (Wildman–Crippen MR) is 104 cm³/mol. The van der Waals surface area contributed by atoms with Crippen LogP contribution in [0.1, 0.15) is 24.1 Å². The van der Waals surface area contributed by atoms with E-state index in [2.05, 4.69) is 45.2 Å². The van der Waals surface area contributed by atoms with Crippen molar-refractivity contribution >= 4 is 41.3 Å². The highest BCUT2D eigenvalue weighted by atomic mass is 127. The maximum atomic E-state index is 4.25. The minimum Gasteiger partial charge on any atom is -0.356 e. The average Bonchev–Trinajstić information content (AvgIpc) is 3.19. The number of aromatic nitrogens is 2. The van der Waals surface area contributed by atoms with Crippen LogP contribution in [0.3, 0.4) is 0 Å². The molecule has 0 saturated heterocycles.